The van der Waals surface area contributed by atoms with E-state index in [1.54, 1.807) is 29.8 Å². The van der Waals surface area contributed by atoms with E-state index in [-0.39, 0.29) is 5.82 Å². The quantitative estimate of drug-likeness (QED) is 0.682. The molecule has 0 saturated heterocycles. The molecule has 0 aliphatic rings. The lowest BCUT2D eigenvalue weighted by molar-refractivity contribution is 0.628. The molecule has 0 fully saturated rings. The maximum absolute atomic E-state index is 13.9. The number of hydrogen-bond donors (Lipinski definition) is 1. The number of imidazole rings is 1. The van der Waals surface area contributed by atoms with Gasteiger partial charge in [-0.25, -0.2) is 13.8 Å². The summed E-state index contributed by atoms with van der Waals surface area (Å²) in [4.78, 5) is 4.33. The van der Waals surface area contributed by atoms with E-state index in [1.165, 1.54) is 18.2 Å². The highest BCUT2D eigenvalue weighted by atomic mass is 19.1. The first-order valence-electron chi connectivity index (χ1n) is 5.73. The number of aryl methyl sites for hydroxylation is 1. The van der Waals surface area contributed by atoms with Crippen LogP contribution in [-0.4, -0.2) is 9.55 Å². The Morgan fingerprint density at radius 3 is 2.63 bits per heavy atom. The highest BCUT2D eigenvalue weighted by Crippen LogP contribution is 2.27. The summed E-state index contributed by atoms with van der Waals surface area (Å²) in [5, 5.41) is 0. The van der Waals surface area contributed by atoms with E-state index in [0.717, 1.165) is 0 Å². The molecule has 0 aliphatic heterocycles. The van der Waals surface area contributed by atoms with E-state index >= 15 is 0 Å². The molecule has 0 radical (unpaired) electrons. The molecule has 1 aromatic heterocycles. The van der Waals surface area contributed by atoms with Gasteiger partial charge < -0.3 is 10.3 Å². The zero-order chi connectivity index (χ0) is 13.6. The average Bonchev–Trinajstić information content (AvgIpc) is 2.67. The largest absolute Gasteiger partial charge is 0.399 e. The lowest BCUT2D eigenvalue weighted by atomic mass is 10.2. The standard InChI is InChI=1S/C14H11F2N3/c1-19-13-6-8(15)2-5-12(13)18-14(19)10-4-3-9(17)7-11(10)16/h2-7H,17H2,1H3. The minimum Gasteiger partial charge on any atom is -0.399 e. The summed E-state index contributed by atoms with van der Waals surface area (Å²) in [7, 11) is 1.72. The van der Waals surface area contributed by atoms with Gasteiger partial charge in [0.1, 0.15) is 17.5 Å². The lowest BCUT2D eigenvalue weighted by Crippen LogP contribution is -1.96. The van der Waals surface area contributed by atoms with Gasteiger partial charge in [-0.15, -0.1) is 0 Å². The highest BCUT2D eigenvalue weighted by molar-refractivity contribution is 5.80. The highest BCUT2D eigenvalue weighted by Gasteiger charge is 2.14. The number of nitrogens with two attached hydrogens (primary N) is 1. The molecule has 0 amide bonds. The predicted molar refractivity (Wildman–Crippen MR) is 70.5 cm³/mol. The van der Waals surface area contributed by atoms with Crippen LogP contribution < -0.4 is 5.73 Å². The Kier molecular flexibility index (Phi) is 2.48. The fraction of sp³-hybridized carbons (Fsp3) is 0.0714. The Bertz CT molecular complexity index is 778. The van der Waals surface area contributed by atoms with E-state index in [4.69, 9.17) is 5.73 Å². The SMILES string of the molecule is Cn1c(-c2ccc(N)cc2F)nc2ccc(F)cc21. The fourth-order valence-corrected chi connectivity index (χ4v) is 2.12. The Morgan fingerprint density at radius 1 is 1.11 bits per heavy atom. The summed E-state index contributed by atoms with van der Waals surface area (Å²) in [5.74, 6) is -0.350. The number of benzene rings is 2. The van der Waals surface area contributed by atoms with Crippen LogP contribution in [0.4, 0.5) is 14.5 Å². The Morgan fingerprint density at radius 2 is 1.89 bits per heavy atom. The number of anilines is 1. The molecule has 0 aliphatic carbocycles. The topological polar surface area (TPSA) is 43.8 Å². The van der Waals surface area contributed by atoms with E-state index in [9.17, 15) is 8.78 Å². The molecule has 5 heteroatoms. The molecule has 1 heterocycles. The van der Waals surface area contributed by atoms with Crippen molar-refractivity contribution in [3.05, 3.63) is 48.0 Å². The van der Waals surface area contributed by atoms with Crippen molar-refractivity contribution in [3.63, 3.8) is 0 Å². The summed E-state index contributed by atoms with van der Waals surface area (Å²) >= 11 is 0. The minimum atomic E-state index is -0.445. The molecule has 0 bridgehead atoms. The second-order valence-corrected chi connectivity index (χ2v) is 4.37. The third-order valence-electron chi connectivity index (χ3n) is 3.08. The van der Waals surface area contributed by atoms with Crippen LogP contribution in [0.3, 0.4) is 0 Å². The van der Waals surface area contributed by atoms with Crippen molar-refractivity contribution < 1.29 is 8.78 Å². The Labute approximate surface area is 108 Å². The Hall–Kier alpha value is -2.43. The maximum atomic E-state index is 13.9. The van der Waals surface area contributed by atoms with Crippen LogP contribution in [-0.2, 0) is 7.05 Å². The van der Waals surface area contributed by atoms with Crippen LogP contribution in [0.1, 0.15) is 0 Å². The van der Waals surface area contributed by atoms with Crippen molar-refractivity contribution in [1.29, 1.82) is 0 Å². The van der Waals surface area contributed by atoms with Crippen LogP contribution >= 0.6 is 0 Å². The van der Waals surface area contributed by atoms with Crippen LogP contribution in [0, 0.1) is 11.6 Å². The first-order chi connectivity index (χ1) is 9.06. The first-order valence-corrected chi connectivity index (χ1v) is 5.73. The van der Waals surface area contributed by atoms with Crippen molar-refractivity contribution in [2.24, 2.45) is 7.05 Å². The second-order valence-electron chi connectivity index (χ2n) is 4.37. The Balaban J connectivity index is 2.28. The van der Waals surface area contributed by atoms with E-state index in [2.05, 4.69) is 4.98 Å². The number of rotatable bonds is 1. The molecular weight excluding hydrogens is 248 g/mol. The molecule has 0 unspecified atom stereocenters. The van der Waals surface area contributed by atoms with Gasteiger partial charge in [0.2, 0.25) is 0 Å². The van der Waals surface area contributed by atoms with Crippen LogP contribution in [0.5, 0.6) is 0 Å². The zero-order valence-electron chi connectivity index (χ0n) is 10.2. The molecule has 19 heavy (non-hydrogen) atoms. The molecule has 0 atom stereocenters. The van der Waals surface area contributed by atoms with Gasteiger partial charge >= 0.3 is 0 Å². The van der Waals surface area contributed by atoms with Gasteiger partial charge in [-0.05, 0) is 36.4 Å². The normalized spacial score (nSPS) is 11.1. The van der Waals surface area contributed by atoms with E-state index < -0.39 is 5.82 Å². The number of hydrogen-bond acceptors (Lipinski definition) is 2. The van der Waals surface area contributed by atoms with Gasteiger partial charge in [-0.1, -0.05) is 0 Å². The number of nitrogen functional groups attached to an aromatic ring is 1. The number of aromatic nitrogens is 2. The molecule has 0 saturated carbocycles. The van der Waals surface area contributed by atoms with Crippen LogP contribution in [0.15, 0.2) is 36.4 Å². The van der Waals surface area contributed by atoms with Crippen molar-refractivity contribution in [2.45, 2.75) is 0 Å². The third kappa shape index (κ3) is 1.83. The molecule has 0 spiro atoms. The molecule has 3 rings (SSSR count). The fourth-order valence-electron chi connectivity index (χ4n) is 2.12. The van der Waals surface area contributed by atoms with Crippen molar-refractivity contribution in [1.82, 2.24) is 9.55 Å². The summed E-state index contributed by atoms with van der Waals surface area (Å²) in [5.41, 5.74) is 7.45. The van der Waals surface area contributed by atoms with Crippen LogP contribution in [0.2, 0.25) is 0 Å². The van der Waals surface area contributed by atoms with Crippen molar-refractivity contribution in [2.75, 3.05) is 5.73 Å². The molecule has 2 aromatic carbocycles. The zero-order valence-corrected chi connectivity index (χ0v) is 10.2. The van der Waals surface area contributed by atoms with Crippen molar-refractivity contribution in [3.8, 4) is 11.4 Å². The van der Waals surface area contributed by atoms with E-state index in [1.807, 2.05) is 0 Å². The van der Waals surface area contributed by atoms with Gasteiger partial charge in [0.15, 0.2) is 0 Å². The minimum absolute atomic E-state index is 0.341. The van der Waals surface area contributed by atoms with Crippen molar-refractivity contribution >= 4 is 16.7 Å². The van der Waals surface area contributed by atoms with E-state index in [0.29, 0.717) is 28.1 Å². The van der Waals surface area contributed by atoms with Gasteiger partial charge in [-0.2, -0.15) is 0 Å². The molecule has 96 valence electrons. The monoisotopic (exact) mass is 259 g/mol. The molecule has 3 nitrogen and oxygen atoms in total. The summed E-state index contributed by atoms with van der Waals surface area (Å²) in [6.07, 6.45) is 0. The van der Waals surface area contributed by atoms with Gasteiger partial charge in [-0.3, -0.25) is 0 Å². The smallest absolute Gasteiger partial charge is 0.143 e. The maximum Gasteiger partial charge on any atom is 0.143 e. The molecular formula is C14H11F2N3. The summed E-state index contributed by atoms with van der Waals surface area (Å²) in [6, 6.07) is 8.71. The molecule has 3 aromatic rings. The predicted octanol–water partition coefficient (Wildman–Crippen LogP) is 3.10. The number of nitrogens with zero attached hydrogens (tertiary/aromatic N) is 2. The summed E-state index contributed by atoms with van der Waals surface area (Å²) in [6.45, 7) is 0. The second kappa shape index (κ2) is 4.05. The van der Waals surface area contributed by atoms with Gasteiger partial charge in [0.25, 0.3) is 0 Å². The third-order valence-corrected chi connectivity index (χ3v) is 3.08. The number of fused-ring (bicyclic) bond motifs is 1. The number of halogens is 2. The lowest BCUT2D eigenvalue weighted by Gasteiger charge is -2.04. The summed E-state index contributed by atoms with van der Waals surface area (Å²) < 4.78 is 28.8. The average molecular weight is 259 g/mol. The molecule has 2 N–H and O–H groups in total. The van der Waals surface area contributed by atoms with Gasteiger partial charge in [0.05, 0.1) is 16.6 Å². The van der Waals surface area contributed by atoms with Gasteiger partial charge in [0, 0.05) is 12.7 Å². The first kappa shape index (κ1) is 11.6. The van der Waals surface area contributed by atoms with Crippen LogP contribution in [0.25, 0.3) is 22.4 Å².